The maximum atomic E-state index is 11.4. The molecular formula is C17H19NO3. The van der Waals surface area contributed by atoms with Crippen LogP contribution in [0.15, 0.2) is 42.5 Å². The Hall–Kier alpha value is -2.49. The Labute approximate surface area is 124 Å². The molecule has 0 heterocycles. The molecule has 0 radical (unpaired) electrons. The van der Waals surface area contributed by atoms with E-state index >= 15 is 0 Å². The molecule has 0 saturated carbocycles. The van der Waals surface area contributed by atoms with Crippen molar-refractivity contribution in [2.45, 2.75) is 13.5 Å². The summed E-state index contributed by atoms with van der Waals surface area (Å²) in [5.74, 6) is -0.0983. The van der Waals surface area contributed by atoms with E-state index in [-0.39, 0.29) is 0 Å². The number of hydrogen-bond donors (Lipinski definition) is 1. The minimum Gasteiger partial charge on any atom is -0.497 e. The zero-order valence-corrected chi connectivity index (χ0v) is 12.5. The lowest BCUT2D eigenvalue weighted by atomic mass is 10.1. The van der Waals surface area contributed by atoms with Crippen LogP contribution in [0.2, 0.25) is 0 Å². The van der Waals surface area contributed by atoms with Gasteiger partial charge in [0, 0.05) is 13.6 Å². The van der Waals surface area contributed by atoms with Crippen molar-refractivity contribution in [1.29, 1.82) is 0 Å². The predicted molar refractivity (Wildman–Crippen MR) is 83.2 cm³/mol. The molecule has 4 nitrogen and oxygen atoms in total. The number of benzene rings is 2. The number of aromatic carboxylic acids is 1. The molecule has 0 fully saturated rings. The minimum atomic E-state index is -0.907. The molecule has 2 aromatic carbocycles. The van der Waals surface area contributed by atoms with Gasteiger partial charge in [-0.3, -0.25) is 0 Å². The monoisotopic (exact) mass is 285 g/mol. The second-order valence-corrected chi connectivity index (χ2v) is 4.98. The third-order valence-corrected chi connectivity index (χ3v) is 3.43. The van der Waals surface area contributed by atoms with Crippen LogP contribution >= 0.6 is 0 Å². The average molecular weight is 285 g/mol. The van der Waals surface area contributed by atoms with E-state index in [1.54, 1.807) is 19.2 Å². The third kappa shape index (κ3) is 3.34. The average Bonchev–Trinajstić information content (AvgIpc) is 2.47. The Bertz CT molecular complexity index is 635. The Kier molecular flexibility index (Phi) is 4.48. The number of rotatable bonds is 5. The number of ether oxygens (including phenoxy) is 1. The number of nitrogens with zero attached hydrogens (tertiary/aromatic N) is 1. The van der Waals surface area contributed by atoms with Gasteiger partial charge in [0.15, 0.2) is 0 Å². The molecular weight excluding hydrogens is 266 g/mol. The van der Waals surface area contributed by atoms with Gasteiger partial charge in [0.2, 0.25) is 0 Å². The van der Waals surface area contributed by atoms with Gasteiger partial charge in [-0.15, -0.1) is 0 Å². The first kappa shape index (κ1) is 14.9. The maximum absolute atomic E-state index is 11.4. The quantitative estimate of drug-likeness (QED) is 0.915. The van der Waals surface area contributed by atoms with Gasteiger partial charge in [-0.2, -0.15) is 0 Å². The van der Waals surface area contributed by atoms with E-state index < -0.39 is 5.97 Å². The molecule has 0 aliphatic carbocycles. The molecule has 0 bridgehead atoms. The molecule has 0 spiro atoms. The lowest BCUT2D eigenvalue weighted by Crippen LogP contribution is -2.20. The van der Waals surface area contributed by atoms with Gasteiger partial charge in [-0.25, -0.2) is 4.79 Å². The highest BCUT2D eigenvalue weighted by Crippen LogP contribution is 2.26. The number of anilines is 1. The number of carbonyl (C=O) groups is 1. The Morgan fingerprint density at radius 3 is 2.43 bits per heavy atom. The summed E-state index contributed by atoms with van der Waals surface area (Å²) in [6.45, 7) is 2.56. The van der Waals surface area contributed by atoms with Crippen LogP contribution in [0.25, 0.3) is 0 Å². The maximum Gasteiger partial charge on any atom is 0.337 e. The summed E-state index contributed by atoms with van der Waals surface area (Å²) >= 11 is 0. The smallest absolute Gasteiger partial charge is 0.337 e. The predicted octanol–water partition coefficient (Wildman–Crippen LogP) is 3.34. The first-order valence-electron chi connectivity index (χ1n) is 6.70. The molecule has 0 aliphatic rings. The van der Waals surface area contributed by atoms with Gasteiger partial charge in [-0.1, -0.05) is 24.3 Å². The first-order valence-corrected chi connectivity index (χ1v) is 6.70. The van der Waals surface area contributed by atoms with E-state index in [9.17, 15) is 9.90 Å². The van der Waals surface area contributed by atoms with Crippen molar-refractivity contribution in [3.63, 3.8) is 0 Å². The van der Waals surface area contributed by atoms with Crippen molar-refractivity contribution in [2.75, 3.05) is 19.1 Å². The molecule has 2 rings (SSSR count). The fraction of sp³-hybridized carbons (Fsp3) is 0.235. The molecule has 21 heavy (non-hydrogen) atoms. The van der Waals surface area contributed by atoms with Gasteiger partial charge >= 0.3 is 5.97 Å². The van der Waals surface area contributed by atoms with Crippen LogP contribution < -0.4 is 9.64 Å². The molecule has 4 heteroatoms. The van der Waals surface area contributed by atoms with Crippen LogP contribution in [0, 0.1) is 6.92 Å². The molecule has 0 atom stereocenters. The molecule has 0 amide bonds. The van der Waals surface area contributed by atoms with Gasteiger partial charge in [0.05, 0.1) is 18.4 Å². The van der Waals surface area contributed by atoms with Crippen LogP contribution in [-0.4, -0.2) is 25.2 Å². The van der Waals surface area contributed by atoms with Gasteiger partial charge < -0.3 is 14.7 Å². The van der Waals surface area contributed by atoms with Crippen LogP contribution in [0.1, 0.15) is 21.5 Å². The molecule has 110 valence electrons. The fourth-order valence-corrected chi connectivity index (χ4v) is 2.42. The zero-order chi connectivity index (χ0) is 15.4. The summed E-state index contributed by atoms with van der Waals surface area (Å²) in [5.41, 5.74) is 3.12. The number of carboxylic acids is 1. The summed E-state index contributed by atoms with van der Waals surface area (Å²) in [4.78, 5) is 13.3. The summed E-state index contributed by atoms with van der Waals surface area (Å²) in [6.07, 6.45) is 0. The van der Waals surface area contributed by atoms with Crippen molar-refractivity contribution in [3.05, 3.63) is 59.2 Å². The summed E-state index contributed by atoms with van der Waals surface area (Å²) < 4.78 is 5.14. The molecule has 0 saturated heterocycles. The van der Waals surface area contributed by atoms with E-state index in [0.29, 0.717) is 12.1 Å². The van der Waals surface area contributed by atoms with Crippen molar-refractivity contribution in [2.24, 2.45) is 0 Å². The van der Waals surface area contributed by atoms with E-state index in [1.807, 2.05) is 49.2 Å². The highest BCUT2D eigenvalue weighted by molar-refractivity contribution is 5.95. The van der Waals surface area contributed by atoms with Crippen molar-refractivity contribution in [3.8, 4) is 5.75 Å². The van der Waals surface area contributed by atoms with Crippen molar-refractivity contribution < 1.29 is 14.6 Å². The van der Waals surface area contributed by atoms with Crippen LogP contribution in [0.4, 0.5) is 5.69 Å². The highest BCUT2D eigenvalue weighted by atomic mass is 16.5. The highest BCUT2D eigenvalue weighted by Gasteiger charge is 2.15. The zero-order valence-electron chi connectivity index (χ0n) is 12.5. The van der Waals surface area contributed by atoms with Crippen molar-refractivity contribution in [1.82, 2.24) is 0 Å². The lowest BCUT2D eigenvalue weighted by Gasteiger charge is -2.23. The summed E-state index contributed by atoms with van der Waals surface area (Å²) in [7, 11) is 3.53. The van der Waals surface area contributed by atoms with Crippen molar-refractivity contribution >= 4 is 11.7 Å². The Morgan fingerprint density at radius 2 is 1.86 bits per heavy atom. The SMILES string of the molecule is COc1ccc(CN(C)c2c(C)cccc2C(=O)O)cc1. The van der Waals surface area contributed by atoms with Crippen LogP contribution in [-0.2, 0) is 6.54 Å². The Balaban J connectivity index is 2.27. The fourth-order valence-electron chi connectivity index (χ4n) is 2.42. The van der Waals surface area contributed by atoms with Crippen LogP contribution in [0.5, 0.6) is 5.75 Å². The minimum absolute atomic E-state index is 0.325. The summed E-state index contributed by atoms with van der Waals surface area (Å²) in [5, 5.41) is 9.33. The lowest BCUT2D eigenvalue weighted by molar-refractivity contribution is 0.0697. The van der Waals surface area contributed by atoms with E-state index in [1.165, 1.54) is 0 Å². The van der Waals surface area contributed by atoms with E-state index in [2.05, 4.69) is 0 Å². The number of hydrogen-bond acceptors (Lipinski definition) is 3. The van der Waals surface area contributed by atoms with Gasteiger partial charge in [0.1, 0.15) is 5.75 Å². The third-order valence-electron chi connectivity index (χ3n) is 3.43. The normalized spacial score (nSPS) is 10.2. The standard InChI is InChI=1S/C17H19NO3/c1-12-5-4-6-15(17(19)20)16(12)18(2)11-13-7-9-14(21-3)10-8-13/h4-10H,11H2,1-3H3,(H,19,20). The summed E-state index contributed by atoms with van der Waals surface area (Å²) in [6, 6.07) is 13.1. The number of methoxy groups -OCH3 is 1. The number of aryl methyl sites for hydroxylation is 1. The van der Waals surface area contributed by atoms with E-state index in [0.717, 1.165) is 22.6 Å². The molecule has 0 aromatic heterocycles. The molecule has 2 aromatic rings. The second kappa shape index (κ2) is 6.31. The Morgan fingerprint density at radius 1 is 1.19 bits per heavy atom. The van der Waals surface area contributed by atoms with Gasteiger partial charge in [-0.05, 0) is 36.2 Å². The van der Waals surface area contributed by atoms with Gasteiger partial charge in [0.25, 0.3) is 0 Å². The van der Waals surface area contributed by atoms with Crippen LogP contribution in [0.3, 0.4) is 0 Å². The largest absolute Gasteiger partial charge is 0.497 e. The molecule has 1 N–H and O–H groups in total. The second-order valence-electron chi connectivity index (χ2n) is 4.98. The molecule has 0 unspecified atom stereocenters. The van der Waals surface area contributed by atoms with E-state index in [4.69, 9.17) is 4.74 Å². The number of carboxylic acid groups (broad SMARTS) is 1. The molecule has 0 aliphatic heterocycles. The first-order chi connectivity index (χ1) is 10.0. The number of para-hydroxylation sites is 1. The topological polar surface area (TPSA) is 49.8 Å².